The number of carbonyl (C=O) groups is 2. The summed E-state index contributed by atoms with van der Waals surface area (Å²) in [5, 5.41) is 7.17. The highest BCUT2D eigenvalue weighted by molar-refractivity contribution is 5.95. The van der Waals surface area contributed by atoms with Crippen LogP contribution in [0.1, 0.15) is 33.8 Å². The lowest BCUT2D eigenvalue weighted by Crippen LogP contribution is -2.24. The number of aromatic nitrogens is 2. The number of nitrogens with zero attached hydrogens (tertiary/aromatic N) is 2. The number of methoxy groups -OCH3 is 1. The van der Waals surface area contributed by atoms with Crippen LogP contribution < -0.4 is 5.32 Å². The molecule has 0 radical (unpaired) electrons. The first kappa shape index (κ1) is 17.0. The average molecular weight is 365 g/mol. The van der Waals surface area contributed by atoms with Gasteiger partial charge in [0.15, 0.2) is 0 Å². The molecular formula is C20H16FN3O3. The fourth-order valence-corrected chi connectivity index (χ4v) is 3.29. The fraction of sp³-hybridized carbons (Fsp3) is 0.150. The highest BCUT2D eigenvalue weighted by atomic mass is 19.1. The summed E-state index contributed by atoms with van der Waals surface area (Å²) in [5.74, 6) is -0.624. The Morgan fingerprint density at radius 2 is 2.04 bits per heavy atom. The van der Waals surface area contributed by atoms with Crippen molar-refractivity contribution in [1.29, 1.82) is 0 Å². The van der Waals surface area contributed by atoms with Crippen molar-refractivity contribution in [3.05, 3.63) is 77.2 Å². The topological polar surface area (TPSA) is 73.2 Å². The number of ether oxygens (including phenoxy) is 1. The molecule has 0 fully saturated rings. The molecule has 4 rings (SSSR count). The van der Waals surface area contributed by atoms with Gasteiger partial charge in [-0.15, -0.1) is 0 Å². The van der Waals surface area contributed by atoms with Gasteiger partial charge in [0.2, 0.25) is 5.91 Å². The second-order valence-corrected chi connectivity index (χ2v) is 6.26. The van der Waals surface area contributed by atoms with Crippen molar-refractivity contribution < 1.29 is 18.7 Å². The second-order valence-electron chi connectivity index (χ2n) is 6.26. The number of carbonyl (C=O) groups excluding carboxylic acids is 2. The van der Waals surface area contributed by atoms with E-state index in [1.165, 1.54) is 23.9 Å². The SMILES string of the molecule is COC(=O)c1ccc([C@@H]2CC(=O)Nc3c2cnn3-c2cccc(F)c2)cc1. The van der Waals surface area contributed by atoms with Gasteiger partial charge in [-0.25, -0.2) is 13.9 Å². The van der Waals surface area contributed by atoms with Gasteiger partial charge in [0, 0.05) is 17.9 Å². The molecule has 1 aromatic heterocycles. The van der Waals surface area contributed by atoms with Crippen LogP contribution in [0.15, 0.2) is 54.7 Å². The highest BCUT2D eigenvalue weighted by Gasteiger charge is 2.30. The van der Waals surface area contributed by atoms with Crippen molar-refractivity contribution in [3.8, 4) is 5.69 Å². The van der Waals surface area contributed by atoms with Gasteiger partial charge in [0.1, 0.15) is 11.6 Å². The van der Waals surface area contributed by atoms with Crippen molar-refractivity contribution >= 4 is 17.7 Å². The fourth-order valence-electron chi connectivity index (χ4n) is 3.29. The van der Waals surface area contributed by atoms with Crippen LogP contribution in [-0.4, -0.2) is 28.8 Å². The molecule has 0 bridgehead atoms. The number of halogens is 1. The van der Waals surface area contributed by atoms with E-state index in [1.807, 2.05) is 0 Å². The number of hydrogen-bond acceptors (Lipinski definition) is 4. The van der Waals surface area contributed by atoms with Gasteiger partial charge < -0.3 is 10.1 Å². The summed E-state index contributed by atoms with van der Waals surface area (Å²) < 4.78 is 19.8. The quantitative estimate of drug-likeness (QED) is 0.723. The molecule has 0 saturated heterocycles. The zero-order valence-electron chi connectivity index (χ0n) is 14.5. The minimum Gasteiger partial charge on any atom is -0.465 e. The molecule has 7 heteroatoms. The van der Waals surface area contributed by atoms with E-state index in [9.17, 15) is 14.0 Å². The third-order valence-corrected chi connectivity index (χ3v) is 4.61. The first-order valence-electron chi connectivity index (χ1n) is 8.39. The monoisotopic (exact) mass is 365 g/mol. The molecule has 2 heterocycles. The minimum absolute atomic E-state index is 0.150. The molecule has 1 amide bonds. The van der Waals surface area contributed by atoms with Crippen molar-refractivity contribution in [2.24, 2.45) is 0 Å². The predicted octanol–water partition coefficient (Wildman–Crippen LogP) is 3.27. The van der Waals surface area contributed by atoms with E-state index in [0.29, 0.717) is 17.1 Å². The Bertz CT molecular complexity index is 1030. The summed E-state index contributed by atoms with van der Waals surface area (Å²) in [4.78, 5) is 23.9. The van der Waals surface area contributed by atoms with Crippen LogP contribution in [0, 0.1) is 5.82 Å². The maximum atomic E-state index is 13.6. The van der Waals surface area contributed by atoms with E-state index < -0.39 is 5.97 Å². The maximum Gasteiger partial charge on any atom is 0.337 e. The number of esters is 1. The number of nitrogens with one attached hydrogen (secondary N) is 1. The largest absolute Gasteiger partial charge is 0.465 e. The lowest BCUT2D eigenvalue weighted by Gasteiger charge is -2.24. The Morgan fingerprint density at radius 3 is 2.74 bits per heavy atom. The zero-order chi connectivity index (χ0) is 19.0. The van der Waals surface area contributed by atoms with Gasteiger partial charge in [0.25, 0.3) is 0 Å². The smallest absolute Gasteiger partial charge is 0.337 e. The zero-order valence-corrected chi connectivity index (χ0v) is 14.5. The molecule has 0 saturated carbocycles. The van der Waals surface area contributed by atoms with Crippen molar-refractivity contribution in [2.75, 3.05) is 12.4 Å². The van der Waals surface area contributed by atoms with Gasteiger partial charge in [0.05, 0.1) is 24.6 Å². The normalized spacial score (nSPS) is 15.8. The summed E-state index contributed by atoms with van der Waals surface area (Å²) in [7, 11) is 1.33. The number of amides is 1. The first-order valence-corrected chi connectivity index (χ1v) is 8.39. The highest BCUT2D eigenvalue weighted by Crippen LogP contribution is 2.38. The van der Waals surface area contributed by atoms with Crippen LogP contribution >= 0.6 is 0 Å². The summed E-state index contributed by atoms with van der Waals surface area (Å²) >= 11 is 0. The van der Waals surface area contributed by atoms with E-state index in [0.717, 1.165) is 11.1 Å². The van der Waals surface area contributed by atoms with Gasteiger partial charge in [-0.05, 0) is 35.9 Å². The van der Waals surface area contributed by atoms with E-state index in [2.05, 4.69) is 10.4 Å². The van der Waals surface area contributed by atoms with Crippen molar-refractivity contribution in [1.82, 2.24) is 9.78 Å². The number of rotatable bonds is 3. The van der Waals surface area contributed by atoms with E-state index in [1.54, 1.807) is 42.6 Å². The molecule has 0 spiro atoms. The summed E-state index contributed by atoms with van der Waals surface area (Å²) in [5.41, 5.74) is 2.69. The summed E-state index contributed by atoms with van der Waals surface area (Å²) in [6.07, 6.45) is 1.94. The Morgan fingerprint density at radius 1 is 1.26 bits per heavy atom. The molecule has 136 valence electrons. The minimum atomic E-state index is -0.414. The third kappa shape index (κ3) is 3.08. The molecule has 0 unspecified atom stereocenters. The second kappa shape index (κ2) is 6.68. The van der Waals surface area contributed by atoms with Crippen LogP contribution in [-0.2, 0) is 9.53 Å². The molecule has 6 nitrogen and oxygen atoms in total. The van der Waals surface area contributed by atoms with Crippen LogP contribution in [0.25, 0.3) is 5.69 Å². The lowest BCUT2D eigenvalue weighted by molar-refractivity contribution is -0.116. The predicted molar refractivity (Wildman–Crippen MR) is 96.4 cm³/mol. The van der Waals surface area contributed by atoms with Crippen LogP contribution in [0.4, 0.5) is 10.2 Å². The lowest BCUT2D eigenvalue weighted by atomic mass is 9.87. The molecule has 2 aromatic carbocycles. The number of benzene rings is 2. The number of hydrogen-bond donors (Lipinski definition) is 1. The standard InChI is InChI=1S/C20H16FN3O3/c1-27-20(26)13-7-5-12(6-8-13)16-10-18(25)23-19-17(16)11-22-24(19)15-4-2-3-14(21)9-15/h2-9,11,16H,10H2,1H3,(H,23,25)/t16-/m0/s1. The Kier molecular flexibility index (Phi) is 4.19. The molecule has 1 atom stereocenters. The van der Waals surface area contributed by atoms with Crippen LogP contribution in [0.3, 0.4) is 0 Å². The molecule has 1 N–H and O–H groups in total. The third-order valence-electron chi connectivity index (χ3n) is 4.61. The molecule has 1 aliphatic rings. The van der Waals surface area contributed by atoms with Crippen LogP contribution in [0.2, 0.25) is 0 Å². The van der Waals surface area contributed by atoms with Crippen molar-refractivity contribution in [3.63, 3.8) is 0 Å². The average Bonchev–Trinajstić information content (AvgIpc) is 3.10. The maximum absolute atomic E-state index is 13.6. The van der Waals surface area contributed by atoms with E-state index in [-0.39, 0.29) is 24.1 Å². The summed E-state index contributed by atoms with van der Waals surface area (Å²) in [6, 6.07) is 13.0. The molecular weight excluding hydrogens is 349 g/mol. The van der Waals surface area contributed by atoms with Gasteiger partial charge >= 0.3 is 5.97 Å². The summed E-state index contributed by atoms with van der Waals surface area (Å²) in [6.45, 7) is 0. The Hall–Kier alpha value is -3.48. The molecule has 3 aromatic rings. The Balaban J connectivity index is 1.74. The van der Waals surface area contributed by atoms with Gasteiger partial charge in [-0.3, -0.25) is 4.79 Å². The van der Waals surface area contributed by atoms with E-state index in [4.69, 9.17) is 4.74 Å². The first-order chi connectivity index (χ1) is 13.1. The van der Waals surface area contributed by atoms with Gasteiger partial charge in [-0.1, -0.05) is 18.2 Å². The Labute approximate surface area is 154 Å². The molecule has 27 heavy (non-hydrogen) atoms. The van der Waals surface area contributed by atoms with E-state index >= 15 is 0 Å². The number of fused-ring (bicyclic) bond motifs is 1. The van der Waals surface area contributed by atoms with Crippen molar-refractivity contribution in [2.45, 2.75) is 12.3 Å². The van der Waals surface area contributed by atoms with Gasteiger partial charge in [-0.2, -0.15) is 5.10 Å². The van der Waals surface area contributed by atoms with Crippen LogP contribution in [0.5, 0.6) is 0 Å². The molecule has 0 aliphatic carbocycles. The number of anilines is 1. The molecule has 1 aliphatic heterocycles.